The van der Waals surface area contributed by atoms with Gasteiger partial charge in [-0.15, -0.1) is 0 Å². The molecule has 0 atom stereocenters. The molecule has 1 aromatic carbocycles. The molecule has 0 spiro atoms. The molecule has 7 nitrogen and oxygen atoms in total. The molecule has 1 aliphatic carbocycles. The minimum Gasteiger partial charge on any atom is -0.481 e. The first-order valence-electron chi connectivity index (χ1n) is 5.36. The Balaban J connectivity index is 2.16. The summed E-state index contributed by atoms with van der Waals surface area (Å²) in [7, 11) is 0. The van der Waals surface area contributed by atoms with Gasteiger partial charge in [-0.2, -0.15) is 0 Å². The Labute approximate surface area is 101 Å². The van der Waals surface area contributed by atoms with Crippen LogP contribution >= 0.6 is 0 Å². The Kier molecular flexibility index (Phi) is 2.01. The molecule has 1 fully saturated rings. The Morgan fingerprint density at radius 3 is 2.67 bits per heavy atom. The van der Waals surface area contributed by atoms with Gasteiger partial charge in [-0.3, -0.25) is 14.9 Å². The smallest absolute Gasteiger partial charge is 0.315 e. The van der Waals surface area contributed by atoms with E-state index in [0.29, 0.717) is 18.4 Å². The van der Waals surface area contributed by atoms with Gasteiger partial charge in [0.25, 0.3) is 0 Å². The molecule has 7 heteroatoms. The minimum atomic E-state index is -0.994. The second kappa shape index (κ2) is 3.34. The lowest BCUT2D eigenvalue weighted by molar-refractivity contribution is -0.385. The van der Waals surface area contributed by atoms with Crippen LogP contribution in [0.4, 0.5) is 5.69 Å². The number of hydrogen-bond donors (Lipinski definition) is 1. The number of nitro groups is 1. The van der Waals surface area contributed by atoms with Gasteiger partial charge in [0.15, 0.2) is 5.75 Å². The van der Waals surface area contributed by atoms with Crippen molar-refractivity contribution in [2.75, 3.05) is 6.79 Å². The van der Waals surface area contributed by atoms with Crippen LogP contribution in [0.25, 0.3) is 0 Å². The summed E-state index contributed by atoms with van der Waals surface area (Å²) in [5.41, 5.74) is -0.829. The molecular formula is C11H9NO6. The van der Waals surface area contributed by atoms with Crippen molar-refractivity contribution in [1.29, 1.82) is 0 Å². The third-order valence-electron chi connectivity index (χ3n) is 3.36. The molecule has 0 amide bonds. The van der Waals surface area contributed by atoms with E-state index in [-0.39, 0.29) is 24.0 Å². The lowest BCUT2D eigenvalue weighted by Crippen LogP contribution is -2.19. The largest absolute Gasteiger partial charge is 0.481 e. The predicted octanol–water partition coefficient (Wildman–Crippen LogP) is 1.44. The van der Waals surface area contributed by atoms with Crippen molar-refractivity contribution in [2.24, 2.45) is 0 Å². The highest BCUT2D eigenvalue weighted by Gasteiger charge is 2.53. The molecule has 3 rings (SSSR count). The summed E-state index contributed by atoms with van der Waals surface area (Å²) < 4.78 is 10.1. The zero-order chi connectivity index (χ0) is 12.9. The Morgan fingerprint density at radius 1 is 1.39 bits per heavy atom. The van der Waals surface area contributed by atoms with Gasteiger partial charge in [0.2, 0.25) is 12.5 Å². The first-order valence-corrected chi connectivity index (χ1v) is 5.36. The molecule has 18 heavy (non-hydrogen) atoms. The summed E-state index contributed by atoms with van der Waals surface area (Å²) in [6.45, 7) is -0.0836. The zero-order valence-electron chi connectivity index (χ0n) is 9.21. The maximum Gasteiger partial charge on any atom is 0.315 e. The van der Waals surface area contributed by atoms with Crippen LogP contribution in [0.2, 0.25) is 0 Å². The molecule has 1 N–H and O–H groups in total. The van der Waals surface area contributed by atoms with E-state index < -0.39 is 16.3 Å². The third-order valence-corrected chi connectivity index (χ3v) is 3.36. The number of rotatable bonds is 3. The molecule has 0 saturated heterocycles. The number of hydrogen-bond acceptors (Lipinski definition) is 5. The summed E-state index contributed by atoms with van der Waals surface area (Å²) in [6.07, 6.45) is 0.970. The van der Waals surface area contributed by atoms with Crippen LogP contribution in [0.3, 0.4) is 0 Å². The molecule has 0 bridgehead atoms. The maximum absolute atomic E-state index is 11.2. The van der Waals surface area contributed by atoms with Crippen LogP contribution in [0.1, 0.15) is 18.4 Å². The lowest BCUT2D eigenvalue weighted by atomic mass is 9.95. The van der Waals surface area contributed by atoms with Gasteiger partial charge in [-0.05, 0) is 24.5 Å². The van der Waals surface area contributed by atoms with Crippen LogP contribution in [0, 0.1) is 10.1 Å². The topological polar surface area (TPSA) is 98.9 Å². The second-order valence-corrected chi connectivity index (χ2v) is 4.37. The van der Waals surface area contributed by atoms with E-state index in [0.717, 1.165) is 0 Å². The van der Waals surface area contributed by atoms with Crippen molar-refractivity contribution in [2.45, 2.75) is 18.3 Å². The number of carbonyl (C=O) groups is 1. The zero-order valence-corrected chi connectivity index (χ0v) is 9.21. The summed E-state index contributed by atoms with van der Waals surface area (Å²) in [6, 6.07) is 2.80. The molecule has 0 aromatic heterocycles. The number of nitro benzene ring substituents is 1. The summed E-state index contributed by atoms with van der Waals surface area (Å²) in [5, 5.41) is 20.1. The maximum atomic E-state index is 11.2. The lowest BCUT2D eigenvalue weighted by Gasteiger charge is -2.10. The number of ether oxygens (including phenoxy) is 2. The highest BCUT2D eigenvalue weighted by Crippen LogP contribution is 2.52. The molecule has 94 valence electrons. The van der Waals surface area contributed by atoms with Gasteiger partial charge in [0.1, 0.15) is 0 Å². The van der Waals surface area contributed by atoms with E-state index in [9.17, 15) is 20.0 Å². The average molecular weight is 251 g/mol. The fraction of sp³-hybridized carbons (Fsp3) is 0.364. The van der Waals surface area contributed by atoms with Crippen LogP contribution in [0.5, 0.6) is 11.5 Å². The van der Waals surface area contributed by atoms with E-state index in [1.54, 1.807) is 0 Å². The summed E-state index contributed by atoms with van der Waals surface area (Å²) in [4.78, 5) is 21.6. The van der Waals surface area contributed by atoms with Crippen molar-refractivity contribution in [3.8, 4) is 11.5 Å². The van der Waals surface area contributed by atoms with Crippen LogP contribution < -0.4 is 9.47 Å². The third kappa shape index (κ3) is 1.33. The molecule has 1 heterocycles. The van der Waals surface area contributed by atoms with Crippen molar-refractivity contribution in [3.63, 3.8) is 0 Å². The first-order chi connectivity index (χ1) is 8.54. The minimum absolute atomic E-state index is 0.0740. The highest BCUT2D eigenvalue weighted by atomic mass is 16.7. The molecule has 0 unspecified atom stereocenters. The predicted molar refractivity (Wildman–Crippen MR) is 57.8 cm³/mol. The highest BCUT2D eigenvalue weighted by molar-refractivity contribution is 5.85. The standard InChI is InChI=1S/C11H9NO6/c13-10(14)11(1-2-11)6-3-7(12(15)16)9-8(4-6)17-5-18-9/h3-4H,1-2,5H2,(H,13,14). The molecule has 1 saturated carbocycles. The summed E-state index contributed by atoms with van der Waals surface area (Å²) in [5.74, 6) is -0.646. The van der Waals surface area contributed by atoms with E-state index >= 15 is 0 Å². The van der Waals surface area contributed by atoms with Gasteiger partial charge in [-0.25, -0.2) is 0 Å². The fourth-order valence-electron chi connectivity index (χ4n) is 2.15. The Morgan fingerprint density at radius 2 is 2.11 bits per heavy atom. The van der Waals surface area contributed by atoms with E-state index in [1.807, 2.05) is 0 Å². The Bertz CT molecular complexity index is 563. The molecule has 1 aromatic rings. The van der Waals surface area contributed by atoms with E-state index in [1.165, 1.54) is 12.1 Å². The van der Waals surface area contributed by atoms with E-state index in [4.69, 9.17) is 9.47 Å². The second-order valence-electron chi connectivity index (χ2n) is 4.37. The number of benzene rings is 1. The quantitative estimate of drug-likeness (QED) is 0.644. The average Bonchev–Trinajstić information content (AvgIpc) is 3.00. The SMILES string of the molecule is O=C(O)C1(c2cc3c(c([N+](=O)[O-])c2)OCO3)CC1. The monoisotopic (exact) mass is 251 g/mol. The van der Waals surface area contributed by atoms with Crippen LogP contribution in [0.15, 0.2) is 12.1 Å². The van der Waals surface area contributed by atoms with Crippen molar-refractivity contribution >= 4 is 11.7 Å². The summed E-state index contributed by atoms with van der Waals surface area (Å²) >= 11 is 0. The van der Waals surface area contributed by atoms with Crippen molar-refractivity contribution in [3.05, 3.63) is 27.8 Å². The van der Waals surface area contributed by atoms with E-state index in [2.05, 4.69) is 0 Å². The van der Waals surface area contributed by atoms with Crippen molar-refractivity contribution in [1.82, 2.24) is 0 Å². The van der Waals surface area contributed by atoms with Gasteiger partial charge >= 0.3 is 11.7 Å². The van der Waals surface area contributed by atoms with Crippen LogP contribution in [-0.2, 0) is 10.2 Å². The molecule has 1 aliphatic heterocycles. The first kappa shape index (κ1) is 10.8. The fourth-order valence-corrected chi connectivity index (χ4v) is 2.15. The number of carboxylic acids is 1. The van der Waals surface area contributed by atoms with Gasteiger partial charge in [-0.1, -0.05) is 0 Å². The molecular weight excluding hydrogens is 242 g/mol. The number of nitrogens with zero attached hydrogens (tertiary/aromatic N) is 1. The number of fused-ring (bicyclic) bond motifs is 1. The van der Waals surface area contributed by atoms with Crippen LogP contribution in [-0.4, -0.2) is 22.8 Å². The van der Waals surface area contributed by atoms with Crippen molar-refractivity contribution < 1.29 is 24.3 Å². The molecule has 2 aliphatic rings. The molecule has 0 radical (unpaired) electrons. The Hall–Kier alpha value is -2.31. The number of aliphatic carboxylic acids is 1. The number of carboxylic acid groups (broad SMARTS) is 1. The van der Waals surface area contributed by atoms with Gasteiger partial charge in [0, 0.05) is 6.07 Å². The normalized spacial score (nSPS) is 18.4. The van der Waals surface area contributed by atoms with Gasteiger partial charge in [0.05, 0.1) is 10.3 Å². The van der Waals surface area contributed by atoms with Gasteiger partial charge < -0.3 is 14.6 Å².